The predicted octanol–water partition coefficient (Wildman–Crippen LogP) is 3.48. The number of ether oxygens (including phenoxy) is 1. The highest BCUT2D eigenvalue weighted by Gasteiger charge is 2.11. The minimum atomic E-state index is -0.332. The smallest absolute Gasteiger partial charge is 0.125 e. The van der Waals surface area contributed by atoms with Crippen molar-refractivity contribution in [1.82, 2.24) is 0 Å². The molecule has 0 aromatic heterocycles. The number of hydrogen-bond donors (Lipinski definition) is 2. The van der Waals surface area contributed by atoms with E-state index in [1.807, 2.05) is 12.1 Å². The zero-order valence-electron chi connectivity index (χ0n) is 10.4. The van der Waals surface area contributed by atoms with Gasteiger partial charge in [0.05, 0.1) is 18.0 Å². The van der Waals surface area contributed by atoms with Crippen LogP contribution in [0.25, 0.3) is 0 Å². The number of nitrogens with two attached hydrogens (primary N) is 1. The number of hydrogen-bond acceptors (Lipinski definition) is 3. The Kier molecular flexibility index (Phi) is 2.99. The van der Waals surface area contributed by atoms with Gasteiger partial charge in [0, 0.05) is 5.69 Å². The first-order chi connectivity index (χ1) is 9.22. The zero-order valence-corrected chi connectivity index (χ0v) is 10.4. The summed E-state index contributed by atoms with van der Waals surface area (Å²) in [6, 6.07) is 10.3. The third-order valence-electron chi connectivity index (χ3n) is 3.20. The molecule has 0 saturated carbocycles. The maximum Gasteiger partial charge on any atom is 0.125 e. The van der Waals surface area contributed by atoms with Crippen molar-refractivity contribution in [2.24, 2.45) is 0 Å². The summed E-state index contributed by atoms with van der Waals surface area (Å²) in [4.78, 5) is 0. The van der Waals surface area contributed by atoms with Crippen molar-refractivity contribution in [2.75, 3.05) is 17.7 Å². The van der Waals surface area contributed by atoms with Crippen LogP contribution in [0.4, 0.5) is 21.5 Å². The molecule has 0 spiro atoms. The van der Waals surface area contributed by atoms with Crippen LogP contribution in [-0.2, 0) is 6.42 Å². The lowest BCUT2D eigenvalue weighted by molar-refractivity contribution is 0.288. The van der Waals surface area contributed by atoms with Crippen LogP contribution < -0.4 is 15.8 Å². The molecule has 0 bridgehead atoms. The summed E-state index contributed by atoms with van der Waals surface area (Å²) < 4.78 is 18.6. The fraction of sp³-hybridized carbons (Fsp3) is 0.200. The van der Waals surface area contributed by atoms with Gasteiger partial charge < -0.3 is 15.8 Å². The van der Waals surface area contributed by atoms with Gasteiger partial charge in [-0.3, -0.25) is 0 Å². The average Bonchev–Trinajstić information content (AvgIpc) is 2.42. The molecular weight excluding hydrogens is 243 g/mol. The molecule has 0 atom stereocenters. The fourth-order valence-corrected chi connectivity index (χ4v) is 2.24. The molecule has 0 fully saturated rings. The SMILES string of the molecule is Nc1cc(F)ccc1Nc1ccc2c(c1)CCCO2. The normalized spacial score (nSPS) is 13.5. The molecule has 2 aromatic carbocycles. The van der Waals surface area contributed by atoms with Gasteiger partial charge in [0.25, 0.3) is 0 Å². The standard InChI is InChI=1S/C15H15FN2O/c16-11-3-5-14(13(17)9-11)18-12-4-6-15-10(8-12)2-1-7-19-15/h3-6,8-9,18H,1-2,7,17H2. The quantitative estimate of drug-likeness (QED) is 0.811. The Morgan fingerprint density at radius 2 is 2.05 bits per heavy atom. The van der Waals surface area contributed by atoms with Crippen molar-refractivity contribution in [2.45, 2.75) is 12.8 Å². The monoisotopic (exact) mass is 258 g/mol. The highest BCUT2D eigenvalue weighted by molar-refractivity contribution is 5.73. The van der Waals surface area contributed by atoms with Crippen LogP contribution in [0, 0.1) is 5.82 Å². The summed E-state index contributed by atoms with van der Waals surface area (Å²) in [6.07, 6.45) is 2.05. The van der Waals surface area contributed by atoms with Gasteiger partial charge in [-0.05, 0) is 54.8 Å². The summed E-state index contributed by atoms with van der Waals surface area (Å²) in [5.41, 5.74) is 9.01. The zero-order chi connectivity index (χ0) is 13.2. The number of nitrogen functional groups attached to an aromatic ring is 1. The lowest BCUT2D eigenvalue weighted by Crippen LogP contribution is -2.08. The van der Waals surface area contributed by atoms with E-state index >= 15 is 0 Å². The van der Waals surface area contributed by atoms with Gasteiger partial charge in [0.2, 0.25) is 0 Å². The van der Waals surface area contributed by atoms with Crippen molar-refractivity contribution >= 4 is 17.1 Å². The van der Waals surface area contributed by atoms with Crippen LogP contribution in [0.15, 0.2) is 36.4 Å². The molecule has 0 radical (unpaired) electrons. The van der Waals surface area contributed by atoms with Crippen molar-refractivity contribution < 1.29 is 9.13 Å². The first kappa shape index (κ1) is 11.8. The Hall–Kier alpha value is -2.23. The van der Waals surface area contributed by atoms with E-state index in [1.165, 1.54) is 17.7 Å². The highest BCUT2D eigenvalue weighted by Crippen LogP contribution is 2.30. The second-order valence-corrected chi connectivity index (χ2v) is 4.63. The summed E-state index contributed by atoms with van der Waals surface area (Å²) in [6.45, 7) is 0.782. The fourth-order valence-electron chi connectivity index (χ4n) is 2.24. The molecule has 4 heteroatoms. The molecule has 0 unspecified atom stereocenters. The summed E-state index contributed by atoms with van der Waals surface area (Å²) in [5, 5.41) is 3.20. The molecule has 0 amide bonds. The van der Waals surface area contributed by atoms with Gasteiger partial charge in [-0.2, -0.15) is 0 Å². The second-order valence-electron chi connectivity index (χ2n) is 4.63. The number of anilines is 3. The molecule has 1 heterocycles. The number of nitrogens with one attached hydrogen (secondary N) is 1. The summed E-state index contributed by atoms with van der Waals surface area (Å²) >= 11 is 0. The van der Waals surface area contributed by atoms with E-state index in [0.29, 0.717) is 11.4 Å². The molecule has 2 aromatic rings. The maximum atomic E-state index is 13.0. The van der Waals surface area contributed by atoms with Gasteiger partial charge in [0.15, 0.2) is 0 Å². The number of aryl methyl sites for hydroxylation is 1. The van der Waals surface area contributed by atoms with Gasteiger partial charge in [-0.25, -0.2) is 4.39 Å². The summed E-state index contributed by atoms with van der Waals surface area (Å²) in [7, 11) is 0. The van der Waals surface area contributed by atoms with E-state index in [0.717, 1.165) is 30.9 Å². The van der Waals surface area contributed by atoms with Crippen molar-refractivity contribution in [3.8, 4) is 5.75 Å². The molecule has 98 valence electrons. The molecule has 3 rings (SSSR count). The number of fused-ring (bicyclic) bond motifs is 1. The number of rotatable bonds is 2. The molecule has 0 aliphatic carbocycles. The number of halogens is 1. The molecule has 3 N–H and O–H groups in total. The van der Waals surface area contributed by atoms with Crippen LogP contribution >= 0.6 is 0 Å². The van der Waals surface area contributed by atoms with E-state index in [2.05, 4.69) is 11.4 Å². The van der Waals surface area contributed by atoms with Crippen molar-refractivity contribution in [3.05, 3.63) is 47.8 Å². The summed E-state index contributed by atoms with van der Waals surface area (Å²) in [5.74, 6) is 0.616. The molecule has 1 aliphatic rings. The molecular formula is C15H15FN2O. The Labute approximate surface area is 111 Å². The second kappa shape index (κ2) is 4.80. The van der Waals surface area contributed by atoms with Gasteiger partial charge in [-0.1, -0.05) is 0 Å². The van der Waals surface area contributed by atoms with E-state index in [4.69, 9.17) is 10.5 Å². The topological polar surface area (TPSA) is 47.3 Å². The van der Waals surface area contributed by atoms with E-state index in [9.17, 15) is 4.39 Å². The average molecular weight is 258 g/mol. The molecule has 0 saturated heterocycles. The highest BCUT2D eigenvalue weighted by atomic mass is 19.1. The molecule has 1 aliphatic heterocycles. The van der Waals surface area contributed by atoms with Crippen LogP contribution in [0.2, 0.25) is 0 Å². The van der Waals surface area contributed by atoms with E-state index in [-0.39, 0.29) is 5.82 Å². The lowest BCUT2D eigenvalue weighted by Gasteiger charge is -2.18. The lowest BCUT2D eigenvalue weighted by atomic mass is 10.1. The van der Waals surface area contributed by atoms with Crippen molar-refractivity contribution in [1.29, 1.82) is 0 Å². The van der Waals surface area contributed by atoms with Gasteiger partial charge in [-0.15, -0.1) is 0 Å². The molecule has 19 heavy (non-hydrogen) atoms. The van der Waals surface area contributed by atoms with Crippen LogP contribution in [-0.4, -0.2) is 6.61 Å². The maximum absolute atomic E-state index is 13.0. The van der Waals surface area contributed by atoms with E-state index < -0.39 is 0 Å². The Balaban J connectivity index is 1.87. The van der Waals surface area contributed by atoms with E-state index in [1.54, 1.807) is 6.07 Å². The van der Waals surface area contributed by atoms with Crippen LogP contribution in [0.1, 0.15) is 12.0 Å². The largest absolute Gasteiger partial charge is 0.493 e. The Morgan fingerprint density at radius 1 is 1.16 bits per heavy atom. The van der Waals surface area contributed by atoms with Gasteiger partial charge in [0.1, 0.15) is 11.6 Å². The van der Waals surface area contributed by atoms with Crippen LogP contribution in [0.5, 0.6) is 5.75 Å². The number of benzene rings is 2. The first-order valence-corrected chi connectivity index (χ1v) is 6.30. The molecule has 3 nitrogen and oxygen atoms in total. The minimum Gasteiger partial charge on any atom is -0.493 e. The third kappa shape index (κ3) is 2.47. The minimum absolute atomic E-state index is 0.332. The third-order valence-corrected chi connectivity index (χ3v) is 3.20. The first-order valence-electron chi connectivity index (χ1n) is 6.30. The van der Waals surface area contributed by atoms with Crippen LogP contribution in [0.3, 0.4) is 0 Å². The Bertz CT molecular complexity index is 613. The van der Waals surface area contributed by atoms with Crippen molar-refractivity contribution in [3.63, 3.8) is 0 Å². The predicted molar refractivity (Wildman–Crippen MR) is 74.4 cm³/mol. The Morgan fingerprint density at radius 3 is 2.89 bits per heavy atom. The van der Waals surface area contributed by atoms with Gasteiger partial charge >= 0.3 is 0 Å².